The molecule has 2 aromatic heterocycles. The topological polar surface area (TPSA) is 79.3 Å². The van der Waals surface area contributed by atoms with Gasteiger partial charge in [-0.2, -0.15) is 0 Å². The van der Waals surface area contributed by atoms with E-state index in [1.54, 1.807) is 11.4 Å². The molecule has 0 spiro atoms. The minimum Gasteiger partial charge on any atom is -0.478 e. The van der Waals surface area contributed by atoms with Crippen molar-refractivity contribution >= 4 is 29.0 Å². The van der Waals surface area contributed by atoms with Crippen molar-refractivity contribution in [1.82, 2.24) is 4.98 Å². The SMILES string of the molecule is Cc1sccc1C(=O)Nc1ncccc1C(=O)O. The third-order valence-electron chi connectivity index (χ3n) is 2.37. The highest BCUT2D eigenvalue weighted by atomic mass is 32.1. The number of amides is 1. The Labute approximate surface area is 107 Å². The number of nitrogens with one attached hydrogen (secondary N) is 1. The first-order valence-corrected chi connectivity index (χ1v) is 6.01. The van der Waals surface area contributed by atoms with Gasteiger partial charge in [-0.1, -0.05) is 0 Å². The van der Waals surface area contributed by atoms with E-state index in [-0.39, 0.29) is 17.3 Å². The summed E-state index contributed by atoms with van der Waals surface area (Å²) < 4.78 is 0. The maximum absolute atomic E-state index is 11.9. The fraction of sp³-hybridized carbons (Fsp3) is 0.0833. The van der Waals surface area contributed by atoms with Crippen LogP contribution in [0.1, 0.15) is 25.6 Å². The van der Waals surface area contributed by atoms with Crippen LogP contribution < -0.4 is 5.32 Å². The molecule has 0 atom stereocenters. The predicted octanol–water partition coefficient (Wildman–Crippen LogP) is 2.40. The van der Waals surface area contributed by atoms with E-state index in [4.69, 9.17) is 5.11 Å². The first-order valence-electron chi connectivity index (χ1n) is 5.13. The lowest BCUT2D eigenvalue weighted by Crippen LogP contribution is -2.16. The van der Waals surface area contributed by atoms with E-state index in [1.165, 1.54) is 29.7 Å². The van der Waals surface area contributed by atoms with Crippen LogP contribution in [0.3, 0.4) is 0 Å². The smallest absolute Gasteiger partial charge is 0.339 e. The second kappa shape index (κ2) is 4.97. The van der Waals surface area contributed by atoms with E-state index in [9.17, 15) is 9.59 Å². The third-order valence-corrected chi connectivity index (χ3v) is 3.22. The molecule has 0 radical (unpaired) electrons. The zero-order chi connectivity index (χ0) is 13.1. The highest BCUT2D eigenvalue weighted by Gasteiger charge is 2.15. The molecule has 6 heteroatoms. The molecule has 0 aliphatic rings. The second-order valence-electron chi connectivity index (χ2n) is 3.55. The van der Waals surface area contributed by atoms with Crippen molar-refractivity contribution in [3.63, 3.8) is 0 Å². The van der Waals surface area contributed by atoms with E-state index < -0.39 is 5.97 Å². The van der Waals surface area contributed by atoms with Crippen LogP contribution in [-0.4, -0.2) is 22.0 Å². The maximum Gasteiger partial charge on any atom is 0.339 e. The Morgan fingerprint density at radius 2 is 2.11 bits per heavy atom. The van der Waals surface area contributed by atoms with Gasteiger partial charge in [-0.25, -0.2) is 9.78 Å². The molecule has 0 saturated heterocycles. The van der Waals surface area contributed by atoms with Gasteiger partial charge >= 0.3 is 5.97 Å². The molecule has 2 aromatic rings. The summed E-state index contributed by atoms with van der Waals surface area (Å²) in [5, 5.41) is 13.3. The molecule has 0 aromatic carbocycles. The molecule has 0 fully saturated rings. The highest BCUT2D eigenvalue weighted by molar-refractivity contribution is 7.10. The molecule has 2 rings (SSSR count). The minimum atomic E-state index is -1.12. The average molecular weight is 262 g/mol. The maximum atomic E-state index is 11.9. The number of rotatable bonds is 3. The number of nitrogens with zero attached hydrogens (tertiary/aromatic N) is 1. The zero-order valence-corrected chi connectivity index (χ0v) is 10.3. The lowest BCUT2D eigenvalue weighted by atomic mass is 10.2. The summed E-state index contributed by atoms with van der Waals surface area (Å²) in [4.78, 5) is 27.6. The monoisotopic (exact) mass is 262 g/mol. The van der Waals surface area contributed by atoms with Crippen LogP contribution in [0, 0.1) is 6.92 Å². The normalized spacial score (nSPS) is 10.1. The van der Waals surface area contributed by atoms with Gasteiger partial charge in [0.15, 0.2) is 0 Å². The summed E-state index contributed by atoms with van der Waals surface area (Å²) in [7, 11) is 0. The Bertz CT molecular complexity index is 607. The quantitative estimate of drug-likeness (QED) is 0.890. The van der Waals surface area contributed by atoms with Gasteiger partial charge in [0.1, 0.15) is 11.4 Å². The largest absolute Gasteiger partial charge is 0.478 e. The minimum absolute atomic E-state index is 0.0290. The first kappa shape index (κ1) is 12.3. The van der Waals surface area contributed by atoms with E-state index in [1.807, 2.05) is 6.92 Å². The third kappa shape index (κ3) is 2.38. The van der Waals surface area contributed by atoms with Gasteiger partial charge < -0.3 is 10.4 Å². The summed E-state index contributed by atoms with van der Waals surface area (Å²) in [6.07, 6.45) is 1.43. The number of carbonyl (C=O) groups excluding carboxylic acids is 1. The Hall–Kier alpha value is -2.21. The summed E-state index contributed by atoms with van der Waals surface area (Å²) in [5.41, 5.74) is 0.501. The van der Waals surface area contributed by atoms with Crippen LogP contribution >= 0.6 is 11.3 Å². The fourth-order valence-electron chi connectivity index (χ4n) is 1.47. The van der Waals surface area contributed by atoms with Gasteiger partial charge in [-0.05, 0) is 30.5 Å². The molecule has 0 aliphatic heterocycles. The van der Waals surface area contributed by atoms with Gasteiger partial charge in [0.2, 0.25) is 0 Å². The number of carboxylic acids is 1. The van der Waals surface area contributed by atoms with E-state index >= 15 is 0 Å². The number of hydrogen-bond acceptors (Lipinski definition) is 4. The standard InChI is InChI=1S/C12H10N2O3S/c1-7-8(4-6-18-7)11(15)14-10-9(12(16)17)3-2-5-13-10/h2-6H,1H3,(H,16,17)(H,13,14,15). The van der Waals surface area contributed by atoms with Crippen molar-refractivity contribution < 1.29 is 14.7 Å². The van der Waals surface area contributed by atoms with Crippen LogP contribution in [0.5, 0.6) is 0 Å². The van der Waals surface area contributed by atoms with Gasteiger partial charge in [0.05, 0.1) is 5.56 Å². The van der Waals surface area contributed by atoms with Gasteiger partial charge in [0.25, 0.3) is 5.91 Å². The van der Waals surface area contributed by atoms with Crippen LogP contribution in [0.2, 0.25) is 0 Å². The molecule has 0 aliphatic carbocycles. The molecule has 1 amide bonds. The van der Waals surface area contributed by atoms with Gasteiger partial charge in [0, 0.05) is 11.1 Å². The Morgan fingerprint density at radius 1 is 1.33 bits per heavy atom. The molecule has 0 unspecified atom stereocenters. The van der Waals surface area contributed by atoms with E-state index in [2.05, 4.69) is 10.3 Å². The van der Waals surface area contributed by atoms with Crippen LogP contribution in [0.4, 0.5) is 5.82 Å². The van der Waals surface area contributed by atoms with Crippen molar-refractivity contribution in [2.24, 2.45) is 0 Å². The summed E-state index contributed by atoms with van der Waals surface area (Å²) in [5.74, 6) is -1.42. The molecule has 92 valence electrons. The summed E-state index contributed by atoms with van der Waals surface area (Å²) in [6, 6.07) is 4.60. The lowest BCUT2D eigenvalue weighted by molar-refractivity contribution is 0.0697. The molecule has 18 heavy (non-hydrogen) atoms. The zero-order valence-electron chi connectivity index (χ0n) is 9.51. The summed E-state index contributed by atoms with van der Waals surface area (Å²) >= 11 is 1.46. The van der Waals surface area contributed by atoms with E-state index in [0.717, 1.165) is 4.88 Å². The molecular weight excluding hydrogens is 252 g/mol. The number of carboxylic acid groups (broad SMARTS) is 1. The Morgan fingerprint density at radius 3 is 2.72 bits per heavy atom. The molecule has 2 N–H and O–H groups in total. The van der Waals surface area contributed by atoms with Crippen LogP contribution in [0.15, 0.2) is 29.8 Å². The summed E-state index contributed by atoms with van der Waals surface area (Å²) in [6.45, 7) is 1.83. The average Bonchev–Trinajstić information content (AvgIpc) is 2.76. The number of hydrogen-bond donors (Lipinski definition) is 2. The van der Waals surface area contributed by atoms with Crippen molar-refractivity contribution in [2.75, 3.05) is 5.32 Å². The Balaban J connectivity index is 2.28. The fourth-order valence-corrected chi connectivity index (χ4v) is 2.17. The number of aromatic nitrogens is 1. The van der Waals surface area contributed by atoms with Crippen molar-refractivity contribution in [2.45, 2.75) is 6.92 Å². The molecule has 5 nitrogen and oxygen atoms in total. The molecular formula is C12H10N2O3S. The number of anilines is 1. The number of aromatic carboxylic acids is 1. The Kier molecular flexibility index (Phi) is 3.38. The highest BCUT2D eigenvalue weighted by Crippen LogP contribution is 2.18. The van der Waals surface area contributed by atoms with Gasteiger partial charge in [-0.3, -0.25) is 4.79 Å². The van der Waals surface area contributed by atoms with Crippen molar-refractivity contribution in [3.05, 3.63) is 45.8 Å². The first-order chi connectivity index (χ1) is 8.59. The van der Waals surface area contributed by atoms with Crippen LogP contribution in [0.25, 0.3) is 0 Å². The second-order valence-corrected chi connectivity index (χ2v) is 4.67. The number of carbonyl (C=O) groups is 2. The molecule has 2 heterocycles. The predicted molar refractivity (Wildman–Crippen MR) is 68.2 cm³/mol. The molecule has 0 saturated carbocycles. The lowest BCUT2D eigenvalue weighted by Gasteiger charge is -2.06. The number of thiophene rings is 1. The van der Waals surface area contributed by atoms with Crippen LogP contribution in [-0.2, 0) is 0 Å². The van der Waals surface area contributed by atoms with Crippen molar-refractivity contribution in [1.29, 1.82) is 0 Å². The number of pyridine rings is 1. The van der Waals surface area contributed by atoms with Crippen molar-refractivity contribution in [3.8, 4) is 0 Å². The number of aryl methyl sites for hydroxylation is 1. The van der Waals surface area contributed by atoms with E-state index in [0.29, 0.717) is 5.56 Å². The molecule has 0 bridgehead atoms. The van der Waals surface area contributed by atoms with Gasteiger partial charge in [-0.15, -0.1) is 11.3 Å².